The smallest absolute Gasteiger partial charge is 0.255 e. The van der Waals surface area contributed by atoms with Gasteiger partial charge in [0.15, 0.2) is 0 Å². The molecule has 18 heavy (non-hydrogen) atoms. The largest absolute Gasteiger partial charge is 0.322 e. The van der Waals surface area contributed by atoms with E-state index < -0.39 is 6.04 Å². The number of nitrogens with zero attached hydrogens (tertiary/aromatic N) is 1. The topological polar surface area (TPSA) is 66.5 Å². The van der Waals surface area contributed by atoms with Crippen LogP contribution < -0.4 is 5.32 Å². The first-order valence-corrected chi connectivity index (χ1v) is 5.89. The van der Waals surface area contributed by atoms with Crippen molar-refractivity contribution >= 4 is 17.7 Å². The Kier molecular flexibility index (Phi) is 2.40. The molecule has 1 saturated heterocycles. The molecule has 0 saturated carbocycles. The van der Waals surface area contributed by atoms with Gasteiger partial charge in [-0.1, -0.05) is 18.2 Å². The Morgan fingerprint density at radius 1 is 1.17 bits per heavy atom. The lowest BCUT2D eigenvalue weighted by molar-refractivity contribution is -0.136. The molecule has 5 nitrogen and oxygen atoms in total. The van der Waals surface area contributed by atoms with Gasteiger partial charge >= 0.3 is 0 Å². The molecule has 0 aliphatic carbocycles. The molecule has 0 spiro atoms. The lowest BCUT2D eigenvalue weighted by Crippen LogP contribution is -2.52. The number of piperidine rings is 1. The molecule has 1 aromatic carbocycles. The van der Waals surface area contributed by atoms with Gasteiger partial charge in [0.05, 0.1) is 0 Å². The summed E-state index contributed by atoms with van der Waals surface area (Å²) in [4.78, 5) is 36.6. The molecule has 0 radical (unpaired) electrons. The molecule has 1 fully saturated rings. The summed E-state index contributed by atoms with van der Waals surface area (Å²) in [5, 5.41) is 2.28. The number of fused-ring (bicyclic) bond motifs is 1. The Bertz CT molecular complexity index is 553. The average molecular weight is 244 g/mol. The Morgan fingerprint density at radius 2 is 1.94 bits per heavy atom. The van der Waals surface area contributed by atoms with Crippen molar-refractivity contribution in [1.82, 2.24) is 10.2 Å². The number of imide groups is 1. The Labute approximate surface area is 104 Å². The number of hydrogen-bond donors (Lipinski definition) is 1. The van der Waals surface area contributed by atoms with Gasteiger partial charge in [-0.05, 0) is 18.1 Å². The van der Waals surface area contributed by atoms with Crippen LogP contribution in [0.2, 0.25) is 0 Å². The maximum absolute atomic E-state index is 12.2. The molecule has 2 heterocycles. The van der Waals surface area contributed by atoms with Crippen molar-refractivity contribution in [3.05, 3.63) is 35.4 Å². The van der Waals surface area contributed by atoms with Crippen LogP contribution in [0.1, 0.15) is 28.8 Å². The van der Waals surface area contributed by atoms with Crippen molar-refractivity contribution < 1.29 is 14.4 Å². The maximum atomic E-state index is 12.2. The van der Waals surface area contributed by atoms with Crippen LogP contribution in [-0.2, 0) is 16.1 Å². The average Bonchev–Trinajstić information content (AvgIpc) is 2.68. The van der Waals surface area contributed by atoms with E-state index in [2.05, 4.69) is 5.32 Å². The third kappa shape index (κ3) is 1.59. The van der Waals surface area contributed by atoms with Crippen molar-refractivity contribution in [2.45, 2.75) is 25.4 Å². The van der Waals surface area contributed by atoms with Crippen LogP contribution in [-0.4, -0.2) is 28.7 Å². The van der Waals surface area contributed by atoms with Crippen molar-refractivity contribution in [2.24, 2.45) is 0 Å². The van der Waals surface area contributed by atoms with Gasteiger partial charge in [0.2, 0.25) is 11.8 Å². The minimum absolute atomic E-state index is 0.125. The molecular weight excluding hydrogens is 232 g/mol. The van der Waals surface area contributed by atoms with Crippen LogP contribution in [0.3, 0.4) is 0 Å². The van der Waals surface area contributed by atoms with Gasteiger partial charge in [-0.3, -0.25) is 19.7 Å². The summed E-state index contributed by atoms with van der Waals surface area (Å²) in [7, 11) is 0. The van der Waals surface area contributed by atoms with E-state index in [1.807, 2.05) is 18.2 Å². The third-order valence-corrected chi connectivity index (χ3v) is 3.44. The minimum atomic E-state index is -0.525. The first-order chi connectivity index (χ1) is 8.66. The quantitative estimate of drug-likeness (QED) is 0.729. The SMILES string of the molecule is O=C1CCC(N2Cc3ccccc3C2=O)C(=O)N1. The lowest BCUT2D eigenvalue weighted by Gasteiger charge is -2.29. The number of carbonyl (C=O) groups excluding carboxylic acids is 3. The molecule has 1 aromatic rings. The molecule has 1 N–H and O–H groups in total. The van der Waals surface area contributed by atoms with Crippen molar-refractivity contribution in [2.75, 3.05) is 0 Å². The van der Waals surface area contributed by atoms with Crippen LogP contribution in [0.15, 0.2) is 24.3 Å². The number of carbonyl (C=O) groups is 3. The van der Waals surface area contributed by atoms with Crippen LogP contribution in [0, 0.1) is 0 Å². The second-order valence-electron chi connectivity index (χ2n) is 4.56. The summed E-state index contributed by atoms with van der Waals surface area (Å²) in [6.45, 7) is 0.446. The number of benzene rings is 1. The van der Waals surface area contributed by atoms with Crippen molar-refractivity contribution in [3.8, 4) is 0 Å². The van der Waals surface area contributed by atoms with Crippen molar-refractivity contribution in [3.63, 3.8) is 0 Å². The minimum Gasteiger partial charge on any atom is -0.322 e. The molecule has 0 bridgehead atoms. The zero-order valence-corrected chi connectivity index (χ0v) is 9.68. The molecule has 92 valence electrons. The van der Waals surface area contributed by atoms with E-state index in [4.69, 9.17) is 0 Å². The highest BCUT2D eigenvalue weighted by atomic mass is 16.2. The Hall–Kier alpha value is -2.17. The molecule has 2 aliphatic rings. The Morgan fingerprint density at radius 3 is 2.67 bits per heavy atom. The third-order valence-electron chi connectivity index (χ3n) is 3.44. The molecule has 5 heteroatoms. The summed E-state index contributed by atoms with van der Waals surface area (Å²) < 4.78 is 0. The van der Waals surface area contributed by atoms with Gasteiger partial charge in [0, 0.05) is 18.5 Å². The van der Waals surface area contributed by atoms with Gasteiger partial charge in [-0.2, -0.15) is 0 Å². The monoisotopic (exact) mass is 244 g/mol. The van der Waals surface area contributed by atoms with Crippen LogP contribution in [0.25, 0.3) is 0 Å². The predicted molar refractivity (Wildman–Crippen MR) is 62.5 cm³/mol. The van der Waals surface area contributed by atoms with Gasteiger partial charge in [-0.15, -0.1) is 0 Å². The van der Waals surface area contributed by atoms with E-state index in [1.54, 1.807) is 11.0 Å². The number of amides is 3. The summed E-state index contributed by atoms with van der Waals surface area (Å²) in [6.07, 6.45) is 0.695. The summed E-state index contributed by atoms with van der Waals surface area (Å²) in [5.74, 6) is -0.757. The molecular formula is C13H12N2O3. The highest BCUT2D eigenvalue weighted by Gasteiger charge is 2.38. The van der Waals surface area contributed by atoms with E-state index in [0.29, 0.717) is 18.5 Å². The fraction of sp³-hybridized carbons (Fsp3) is 0.308. The summed E-state index contributed by atoms with van der Waals surface area (Å²) >= 11 is 0. The highest BCUT2D eigenvalue weighted by Crippen LogP contribution is 2.26. The fourth-order valence-corrected chi connectivity index (χ4v) is 2.51. The first-order valence-electron chi connectivity index (χ1n) is 5.89. The van der Waals surface area contributed by atoms with E-state index >= 15 is 0 Å². The number of hydrogen-bond acceptors (Lipinski definition) is 3. The van der Waals surface area contributed by atoms with Gasteiger partial charge in [-0.25, -0.2) is 0 Å². The number of rotatable bonds is 1. The van der Waals surface area contributed by atoms with Gasteiger partial charge in [0.25, 0.3) is 5.91 Å². The highest BCUT2D eigenvalue weighted by molar-refractivity contribution is 6.05. The molecule has 3 rings (SSSR count). The van der Waals surface area contributed by atoms with Crippen molar-refractivity contribution in [1.29, 1.82) is 0 Å². The predicted octanol–water partition coefficient (Wildman–Crippen LogP) is 0.448. The Balaban J connectivity index is 1.86. The lowest BCUT2D eigenvalue weighted by atomic mass is 10.0. The molecule has 3 amide bonds. The zero-order valence-electron chi connectivity index (χ0n) is 9.68. The fourth-order valence-electron chi connectivity index (χ4n) is 2.51. The van der Waals surface area contributed by atoms with Crippen LogP contribution in [0.4, 0.5) is 0 Å². The summed E-state index contributed by atoms with van der Waals surface area (Å²) in [6, 6.07) is 6.82. The second-order valence-corrected chi connectivity index (χ2v) is 4.56. The second kappa shape index (κ2) is 3.94. The van der Waals surface area contributed by atoms with E-state index in [1.165, 1.54) is 0 Å². The molecule has 0 aromatic heterocycles. The number of nitrogens with one attached hydrogen (secondary N) is 1. The van der Waals surface area contributed by atoms with Gasteiger partial charge < -0.3 is 4.90 Å². The summed E-state index contributed by atoms with van der Waals surface area (Å²) in [5.41, 5.74) is 1.59. The molecule has 1 atom stereocenters. The first kappa shape index (κ1) is 11.0. The molecule has 2 aliphatic heterocycles. The van der Waals surface area contributed by atoms with E-state index in [0.717, 1.165) is 5.56 Å². The standard InChI is InChI=1S/C13H12N2O3/c16-11-6-5-10(12(17)14-11)15-7-8-3-1-2-4-9(8)13(15)18/h1-4,10H,5-7H2,(H,14,16,17). The van der Waals surface area contributed by atoms with Gasteiger partial charge in [0.1, 0.15) is 6.04 Å². The van der Waals surface area contributed by atoms with E-state index in [-0.39, 0.29) is 24.1 Å². The normalized spacial score (nSPS) is 23.0. The van der Waals surface area contributed by atoms with Crippen LogP contribution in [0.5, 0.6) is 0 Å². The molecule has 1 unspecified atom stereocenters. The zero-order chi connectivity index (χ0) is 12.7. The van der Waals surface area contributed by atoms with E-state index in [9.17, 15) is 14.4 Å². The van der Waals surface area contributed by atoms with Crippen LogP contribution >= 0.6 is 0 Å². The maximum Gasteiger partial charge on any atom is 0.255 e.